The fourth-order valence-corrected chi connectivity index (χ4v) is 4.48. The average Bonchev–Trinajstić information content (AvgIpc) is 3.08. The van der Waals surface area contributed by atoms with Gasteiger partial charge in [-0.05, 0) is 31.4 Å². The lowest BCUT2D eigenvalue weighted by Gasteiger charge is -2.35. The van der Waals surface area contributed by atoms with Gasteiger partial charge in [0.25, 0.3) is 5.91 Å². The van der Waals surface area contributed by atoms with Gasteiger partial charge >= 0.3 is 5.97 Å². The Hall–Kier alpha value is -3.16. The van der Waals surface area contributed by atoms with E-state index in [9.17, 15) is 14.4 Å². The summed E-state index contributed by atoms with van der Waals surface area (Å²) in [6, 6.07) is 3.49. The van der Waals surface area contributed by atoms with Gasteiger partial charge in [-0.3, -0.25) is 9.59 Å². The van der Waals surface area contributed by atoms with Gasteiger partial charge in [-0.25, -0.2) is 9.78 Å². The summed E-state index contributed by atoms with van der Waals surface area (Å²) in [7, 11) is 0. The molecule has 0 unspecified atom stereocenters. The molecule has 170 valence electrons. The molecule has 8 heteroatoms. The van der Waals surface area contributed by atoms with E-state index in [2.05, 4.69) is 9.88 Å². The number of ketones is 1. The van der Waals surface area contributed by atoms with Crippen LogP contribution < -0.4 is 4.90 Å². The summed E-state index contributed by atoms with van der Waals surface area (Å²) in [5.74, 6) is 1.16. The van der Waals surface area contributed by atoms with Crippen LogP contribution in [0.5, 0.6) is 0 Å². The molecular weight excluding hydrogens is 410 g/mol. The number of piperazine rings is 1. The molecule has 2 aliphatic rings. The molecule has 1 aliphatic heterocycles. The molecule has 0 bridgehead atoms. The molecule has 0 spiro atoms. The Balaban J connectivity index is 1.42. The maximum Gasteiger partial charge on any atom is 0.339 e. The molecule has 2 aromatic heterocycles. The SMILES string of the molecule is CCOC(=O)c1ccc(N2CCN(C(=O)c3oc4c(c3C)C(=O)CC(C)(C)C4)CC2)nc1. The predicted octanol–water partition coefficient (Wildman–Crippen LogP) is 3.28. The first-order valence-electron chi connectivity index (χ1n) is 11.0. The molecule has 1 fully saturated rings. The van der Waals surface area contributed by atoms with Gasteiger partial charge in [-0.15, -0.1) is 0 Å². The number of pyridine rings is 1. The fraction of sp³-hybridized carbons (Fsp3) is 0.500. The van der Waals surface area contributed by atoms with Crippen molar-refractivity contribution in [3.8, 4) is 0 Å². The number of anilines is 1. The Morgan fingerprint density at radius 2 is 1.88 bits per heavy atom. The number of hydrogen-bond donors (Lipinski definition) is 0. The monoisotopic (exact) mass is 439 g/mol. The van der Waals surface area contributed by atoms with E-state index >= 15 is 0 Å². The predicted molar refractivity (Wildman–Crippen MR) is 118 cm³/mol. The van der Waals surface area contributed by atoms with Gasteiger partial charge in [0, 0.05) is 50.8 Å². The summed E-state index contributed by atoms with van der Waals surface area (Å²) in [6.45, 7) is 10.2. The first-order chi connectivity index (χ1) is 15.2. The van der Waals surface area contributed by atoms with E-state index in [-0.39, 0.29) is 28.8 Å². The van der Waals surface area contributed by atoms with Crippen molar-refractivity contribution in [3.63, 3.8) is 0 Å². The van der Waals surface area contributed by atoms with E-state index in [1.54, 1.807) is 30.9 Å². The van der Waals surface area contributed by atoms with Crippen molar-refractivity contribution >= 4 is 23.5 Å². The third-order valence-corrected chi connectivity index (χ3v) is 6.12. The quantitative estimate of drug-likeness (QED) is 0.675. The number of amides is 1. The Morgan fingerprint density at radius 3 is 2.50 bits per heavy atom. The van der Waals surface area contributed by atoms with Crippen LogP contribution in [-0.2, 0) is 11.2 Å². The zero-order valence-electron chi connectivity index (χ0n) is 19.1. The largest absolute Gasteiger partial charge is 0.462 e. The molecule has 0 aromatic carbocycles. The summed E-state index contributed by atoms with van der Waals surface area (Å²) in [6.07, 6.45) is 2.64. The fourth-order valence-electron chi connectivity index (χ4n) is 4.48. The number of esters is 1. The van der Waals surface area contributed by atoms with Crippen LogP contribution in [0.1, 0.15) is 69.8 Å². The maximum absolute atomic E-state index is 13.2. The minimum absolute atomic E-state index is 0.0544. The van der Waals surface area contributed by atoms with E-state index < -0.39 is 0 Å². The second-order valence-electron chi connectivity index (χ2n) is 9.20. The molecule has 1 saturated heterocycles. The van der Waals surface area contributed by atoms with E-state index in [1.165, 1.54) is 6.20 Å². The number of carbonyl (C=O) groups excluding carboxylic acids is 3. The Bertz CT molecular complexity index is 1050. The summed E-state index contributed by atoms with van der Waals surface area (Å²) in [5.41, 5.74) is 1.51. The highest BCUT2D eigenvalue weighted by Gasteiger charge is 2.38. The molecule has 0 saturated carbocycles. The van der Waals surface area contributed by atoms with Crippen molar-refractivity contribution in [3.05, 3.63) is 46.5 Å². The Labute approximate surface area is 187 Å². The molecule has 1 aliphatic carbocycles. The Kier molecular flexibility index (Phi) is 5.79. The highest BCUT2D eigenvalue weighted by atomic mass is 16.5. The van der Waals surface area contributed by atoms with Gasteiger partial charge in [0.15, 0.2) is 11.5 Å². The number of nitrogens with zero attached hydrogens (tertiary/aromatic N) is 3. The Morgan fingerprint density at radius 1 is 1.16 bits per heavy atom. The molecule has 3 heterocycles. The van der Waals surface area contributed by atoms with Crippen LogP contribution in [0, 0.1) is 12.3 Å². The highest BCUT2D eigenvalue weighted by Crippen LogP contribution is 2.38. The first kappa shape index (κ1) is 22.0. The topological polar surface area (TPSA) is 93.0 Å². The van der Waals surface area contributed by atoms with Crippen LogP contribution in [0.2, 0.25) is 0 Å². The molecule has 0 N–H and O–H groups in total. The third kappa shape index (κ3) is 4.13. The van der Waals surface area contributed by atoms with Crippen molar-refractivity contribution in [1.82, 2.24) is 9.88 Å². The van der Waals surface area contributed by atoms with Gasteiger partial charge in [-0.1, -0.05) is 13.8 Å². The summed E-state index contributed by atoms with van der Waals surface area (Å²) >= 11 is 0. The second-order valence-corrected chi connectivity index (χ2v) is 9.20. The van der Waals surface area contributed by atoms with Gasteiger partial charge in [-0.2, -0.15) is 0 Å². The standard InChI is InChI=1S/C24H29N3O5/c1-5-31-23(30)16-6-7-19(25-14-16)26-8-10-27(11-9-26)22(29)21-15(2)20-17(28)12-24(3,4)13-18(20)32-21/h6-7,14H,5,8-13H2,1-4H3. The highest BCUT2D eigenvalue weighted by molar-refractivity contribution is 6.03. The van der Waals surface area contributed by atoms with Crippen molar-refractivity contribution in [2.75, 3.05) is 37.7 Å². The van der Waals surface area contributed by atoms with Gasteiger partial charge in [0.05, 0.1) is 17.7 Å². The number of aromatic nitrogens is 1. The van der Waals surface area contributed by atoms with Gasteiger partial charge in [0.2, 0.25) is 0 Å². The number of rotatable bonds is 4. The number of hydrogen-bond acceptors (Lipinski definition) is 7. The molecule has 0 radical (unpaired) electrons. The lowest BCUT2D eigenvalue weighted by Crippen LogP contribution is -2.49. The van der Waals surface area contributed by atoms with E-state index in [4.69, 9.17) is 9.15 Å². The van der Waals surface area contributed by atoms with Crippen LogP contribution in [0.15, 0.2) is 22.7 Å². The van der Waals surface area contributed by atoms with Crippen molar-refractivity contribution in [1.29, 1.82) is 0 Å². The smallest absolute Gasteiger partial charge is 0.339 e. The molecule has 4 rings (SSSR count). The first-order valence-corrected chi connectivity index (χ1v) is 11.0. The van der Waals surface area contributed by atoms with Crippen LogP contribution in [0.25, 0.3) is 0 Å². The molecule has 1 amide bonds. The molecule has 32 heavy (non-hydrogen) atoms. The second kappa shape index (κ2) is 8.41. The number of fused-ring (bicyclic) bond motifs is 1. The number of ether oxygens (including phenoxy) is 1. The van der Waals surface area contributed by atoms with Crippen LogP contribution in [-0.4, -0.2) is 60.3 Å². The van der Waals surface area contributed by atoms with Crippen molar-refractivity contribution < 1.29 is 23.5 Å². The van der Waals surface area contributed by atoms with E-state index in [0.717, 1.165) is 5.82 Å². The summed E-state index contributed by atoms with van der Waals surface area (Å²) < 4.78 is 10.9. The van der Waals surface area contributed by atoms with Gasteiger partial charge < -0.3 is 19.0 Å². The van der Waals surface area contributed by atoms with Crippen LogP contribution in [0.4, 0.5) is 5.82 Å². The number of carbonyl (C=O) groups is 3. The van der Waals surface area contributed by atoms with Crippen molar-refractivity contribution in [2.45, 2.75) is 40.5 Å². The summed E-state index contributed by atoms with van der Waals surface area (Å²) in [5, 5.41) is 0. The third-order valence-electron chi connectivity index (χ3n) is 6.12. The number of furan rings is 1. The van der Waals surface area contributed by atoms with E-state index in [0.29, 0.717) is 68.1 Å². The summed E-state index contributed by atoms with van der Waals surface area (Å²) in [4.78, 5) is 45.8. The molecule has 0 atom stereocenters. The normalized spacial score (nSPS) is 17.8. The minimum Gasteiger partial charge on any atom is -0.462 e. The van der Waals surface area contributed by atoms with Crippen molar-refractivity contribution in [2.24, 2.45) is 5.41 Å². The minimum atomic E-state index is -0.389. The average molecular weight is 440 g/mol. The molecule has 2 aromatic rings. The molecule has 8 nitrogen and oxygen atoms in total. The molecular formula is C24H29N3O5. The van der Waals surface area contributed by atoms with E-state index in [1.807, 2.05) is 13.8 Å². The number of Topliss-reactive ketones (excluding diaryl/α,β-unsaturated/α-hetero) is 1. The van der Waals surface area contributed by atoms with Crippen LogP contribution >= 0.6 is 0 Å². The lowest BCUT2D eigenvalue weighted by atomic mass is 9.76. The van der Waals surface area contributed by atoms with Gasteiger partial charge in [0.1, 0.15) is 11.6 Å². The zero-order chi connectivity index (χ0) is 23.0. The van der Waals surface area contributed by atoms with Crippen LogP contribution in [0.3, 0.4) is 0 Å². The lowest BCUT2D eigenvalue weighted by molar-refractivity contribution is 0.0525. The zero-order valence-corrected chi connectivity index (χ0v) is 19.1. The maximum atomic E-state index is 13.2.